The molecule has 0 aliphatic carbocycles. The molecule has 4 heteroatoms. The minimum atomic E-state index is -1.58. The molecule has 0 unspecified atom stereocenters. The lowest BCUT2D eigenvalue weighted by molar-refractivity contribution is -0.134. The Kier molecular flexibility index (Phi) is 4.15. The highest BCUT2D eigenvalue weighted by Crippen LogP contribution is 2.29. The number of halogens is 1. The Balaban J connectivity index is 2.58. The van der Waals surface area contributed by atoms with Crippen LogP contribution in [0.1, 0.15) is 11.1 Å². The largest absolute Gasteiger partial charge is 0.497 e. The highest BCUT2D eigenvalue weighted by molar-refractivity contribution is 5.98. The topological polar surface area (TPSA) is 46.5 Å². The second kappa shape index (κ2) is 6.02. The summed E-state index contributed by atoms with van der Waals surface area (Å²) in [5.74, 6) is -2.14. The maximum atomic E-state index is 14.0. The van der Waals surface area contributed by atoms with E-state index in [1.807, 2.05) is 0 Å². The van der Waals surface area contributed by atoms with Gasteiger partial charge < -0.3 is 9.84 Å². The van der Waals surface area contributed by atoms with Crippen molar-refractivity contribution in [2.24, 2.45) is 0 Å². The van der Waals surface area contributed by atoms with Gasteiger partial charge in [-0.2, -0.15) is 4.39 Å². The van der Waals surface area contributed by atoms with Crippen LogP contribution in [-0.2, 0) is 4.79 Å². The molecule has 0 radical (unpaired) electrons. The molecule has 0 spiro atoms. The monoisotopic (exact) mass is 272 g/mol. The van der Waals surface area contributed by atoms with Gasteiger partial charge in [0, 0.05) is 5.57 Å². The van der Waals surface area contributed by atoms with Crippen molar-refractivity contribution in [3.8, 4) is 5.75 Å². The summed E-state index contributed by atoms with van der Waals surface area (Å²) >= 11 is 0. The van der Waals surface area contributed by atoms with Crippen molar-refractivity contribution in [1.82, 2.24) is 0 Å². The first-order chi connectivity index (χ1) is 9.63. The van der Waals surface area contributed by atoms with E-state index in [1.54, 1.807) is 54.6 Å². The Morgan fingerprint density at radius 2 is 1.55 bits per heavy atom. The molecule has 20 heavy (non-hydrogen) atoms. The molecule has 102 valence electrons. The zero-order chi connectivity index (χ0) is 14.5. The van der Waals surface area contributed by atoms with E-state index < -0.39 is 11.8 Å². The minimum Gasteiger partial charge on any atom is -0.497 e. The van der Waals surface area contributed by atoms with Crippen molar-refractivity contribution in [3.63, 3.8) is 0 Å². The third kappa shape index (κ3) is 2.85. The lowest BCUT2D eigenvalue weighted by Gasteiger charge is -2.09. The average Bonchev–Trinajstić information content (AvgIpc) is 2.49. The van der Waals surface area contributed by atoms with E-state index in [2.05, 4.69) is 0 Å². The number of hydrogen-bond donors (Lipinski definition) is 1. The van der Waals surface area contributed by atoms with Gasteiger partial charge in [0.2, 0.25) is 5.83 Å². The van der Waals surface area contributed by atoms with Crippen LogP contribution in [0.5, 0.6) is 5.75 Å². The van der Waals surface area contributed by atoms with Gasteiger partial charge in [-0.1, -0.05) is 42.5 Å². The second-order valence-electron chi connectivity index (χ2n) is 4.09. The molecular formula is C16H13FO3. The molecule has 0 aliphatic rings. The Hall–Kier alpha value is -2.62. The lowest BCUT2D eigenvalue weighted by atomic mass is 9.97. The molecule has 0 amide bonds. The zero-order valence-corrected chi connectivity index (χ0v) is 10.8. The van der Waals surface area contributed by atoms with Gasteiger partial charge >= 0.3 is 5.97 Å². The number of ether oxygens (including phenoxy) is 1. The summed E-state index contributed by atoms with van der Waals surface area (Å²) in [7, 11) is 1.53. The SMILES string of the molecule is COc1ccc(/C(=C(/F)C(=O)O)c2ccccc2)cc1. The van der Waals surface area contributed by atoms with Crippen molar-refractivity contribution in [1.29, 1.82) is 0 Å². The van der Waals surface area contributed by atoms with Crippen molar-refractivity contribution in [2.45, 2.75) is 0 Å². The number of carboxylic acids is 1. The van der Waals surface area contributed by atoms with Crippen LogP contribution in [0.25, 0.3) is 5.57 Å². The first kappa shape index (κ1) is 13.8. The van der Waals surface area contributed by atoms with Crippen LogP contribution >= 0.6 is 0 Å². The number of aliphatic carboxylic acids is 1. The van der Waals surface area contributed by atoms with Crippen molar-refractivity contribution < 1.29 is 19.0 Å². The van der Waals surface area contributed by atoms with Crippen LogP contribution in [0.2, 0.25) is 0 Å². The maximum Gasteiger partial charge on any atom is 0.365 e. The summed E-state index contributed by atoms with van der Waals surface area (Å²) < 4.78 is 19.0. The summed E-state index contributed by atoms with van der Waals surface area (Å²) in [4.78, 5) is 11.0. The molecule has 0 aromatic heterocycles. The lowest BCUT2D eigenvalue weighted by Crippen LogP contribution is -2.01. The number of benzene rings is 2. The summed E-state index contributed by atoms with van der Waals surface area (Å²) in [5.41, 5.74) is 1.05. The molecule has 0 saturated heterocycles. The molecule has 0 bridgehead atoms. The number of carboxylic acid groups (broad SMARTS) is 1. The number of methoxy groups -OCH3 is 1. The predicted molar refractivity (Wildman–Crippen MR) is 74.2 cm³/mol. The standard InChI is InChI=1S/C16H13FO3/c1-20-13-9-7-12(8-10-13)14(15(17)16(18)19)11-5-3-2-4-6-11/h2-10H,1H3,(H,18,19)/b15-14+. The van der Waals surface area contributed by atoms with E-state index in [1.165, 1.54) is 7.11 Å². The normalized spacial score (nSPS) is 11.7. The number of carbonyl (C=O) groups is 1. The Labute approximate surface area is 115 Å². The van der Waals surface area contributed by atoms with E-state index >= 15 is 0 Å². The minimum absolute atomic E-state index is 0.0563. The molecule has 0 saturated carbocycles. The van der Waals surface area contributed by atoms with Crippen LogP contribution < -0.4 is 4.74 Å². The smallest absolute Gasteiger partial charge is 0.365 e. The maximum absolute atomic E-state index is 14.0. The number of hydrogen-bond acceptors (Lipinski definition) is 2. The Bertz CT molecular complexity index is 631. The van der Waals surface area contributed by atoms with E-state index in [0.717, 1.165) is 0 Å². The highest BCUT2D eigenvalue weighted by Gasteiger charge is 2.17. The summed E-state index contributed by atoms with van der Waals surface area (Å²) in [6.45, 7) is 0. The first-order valence-electron chi connectivity index (χ1n) is 5.96. The molecule has 2 aromatic carbocycles. The van der Waals surface area contributed by atoms with Gasteiger partial charge in [-0.15, -0.1) is 0 Å². The molecule has 3 nitrogen and oxygen atoms in total. The second-order valence-corrected chi connectivity index (χ2v) is 4.09. The van der Waals surface area contributed by atoms with Gasteiger partial charge in [0.15, 0.2) is 0 Å². The molecule has 0 atom stereocenters. The zero-order valence-electron chi connectivity index (χ0n) is 10.8. The fourth-order valence-corrected chi connectivity index (χ4v) is 1.89. The third-order valence-electron chi connectivity index (χ3n) is 2.85. The predicted octanol–water partition coefficient (Wildman–Crippen LogP) is 3.51. The first-order valence-corrected chi connectivity index (χ1v) is 5.96. The molecular weight excluding hydrogens is 259 g/mol. The molecule has 0 heterocycles. The van der Waals surface area contributed by atoms with E-state index in [4.69, 9.17) is 9.84 Å². The fourth-order valence-electron chi connectivity index (χ4n) is 1.89. The molecule has 0 aliphatic heterocycles. The van der Waals surface area contributed by atoms with Gasteiger partial charge in [-0.05, 0) is 23.3 Å². The van der Waals surface area contributed by atoms with E-state index in [9.17, 15) is 9.18 Å². The Morgan fingerprint density at radius 1 is 1.00 bits per heavy atom. The van der Waals surface area contributed by atoms with E-state index in [-0.39, 0.29) is 5.57 Å². The van der Waals surface area contributed by atoms with Gasteiger partial charge in [-0.3, -0.25) is 0 Å². The summed E-state index contributed by atoms with van der Waals surface area (Å²) in [6.07, 6.45) is 0. The van der Waals surface area contributed by atoms with Crippen LogP contribution in [0.15, 0.2) is 60.4 Å². The van der Waals surface area contributed by atoms with Crippen molar-refractivity contribution >= 4 is 11.5 Å². The van der Waals surface area contributed by atoms with E-state index in [0.29, 0.717) is 16.9 Å². The van der Waals surface area contributed by atoms with Gasteiger partial charge in [0.1, 0.15) is 5.75 Å². The van der Waals surface area contributed by atoms with Crippen molar-refractivity contribution in [2.75, 3.05) is 7.11 Å². The quantitative estimate of drug-likeness (QED) is 0.866. The van der Waals surface area contributed by atoms with Crippen LogP contribution in [0, 0.1) is 0 Å². The van der Waals surface area contributed by atoms with Crippen molar-refractivity contribution in [3.05, 3.63) is 71.6 Å². The molecule has 1 N–H and O–H groups in total. The van der Waals surface area contributed by atoms with Crippen LogP contribution in [-0.4, -0.2) is 18.2 Å². The third-order valence-corrected chi connectivity index (χ3v) is 2.85. The summed E-state index contributed by atoms with van der Waals surface area (Å²) in [6, 6.07) is 15.2. The number of rotatable bonds is 4. The average molecular weight is 272 g/mol. The van der Waals surface area contributed by atoms with Gasteiger partial charge in [-0.25, -0.2) is 4.79 Å². The molecule has 2 aromatic rings. The van der Waals surface area contributed by atoms with Gasteiger partial charge in [0.05, 0.1) is 7.11 Å². The molecule has 2 rings (SSSR count). The van der Waals surface area contributed by atoms with Crippen LogP contribution in [0.3, 0.4) is 0 Å². The van der Waals surface area contributed by atoms with Crippen LogP contribution in [0.4, 0.5) is 4.39 Å². The highest BCUT2D eigenvalue weighted by atomic mass is 19.1. The molecule has 0 fully saturated rings. The Morgan fingerprint density at radius 3 is 2.05 bits per heavy atom. The van der Waals surface area contributed by atoms with Gasteiger partial charge in [0.25, 0.3) is 0 Å². The fraction of sp³-hybridized carbons (Fsp3) is 0.0625. The summed E-state index contributed by atoms with van der Waals surface area (Å²) in [5, 5.41) is 8.92.